The van der Waals surface area contributed by atoms with Crippen molar-refractivity contribution in [1.82, 2.24) is 19.1 Å². The molecular weight excluding hydrogens is 997 g/mol. The molecule has 0 bridgehead atoms. The second-order valence-corrected chi connectivity index (χ2v) is 23.0. The summed E-state index contributed by atoms with van der Waals surface area (Å²) in [5, 5.41) is 4.88. The number of hydrogen-bond donors (Lipinski definition) is 0. The molecule has 6 heteroatoms. The van der Waals surface area contributed by atoms with Crippen LogP contribution in [0, 0.1) is 0 Å². The summed E-state index contributed by atoms with van der Waals surface area (Å²) >= 11 is 0. The summed E-state index contributed by atoms with van der Waals surface area (Å²) in [6, 6.07) is 97.3. The Bertz CT molecular complexity index is 4590. The van der Waals surface area contributed by atoms with E-state index >= 15 is 0 Å². The van der Waals surface area contributed by atoms with E-state index in [1.54, 1.807) is 0 Å². The highest BCUT2D eigenvalue weighted by Gasteiger charge is 2.41. The van der Waals surface area contributed by atoms with Crippen LogP contribution in [0.25, 0.3) is 88.5 Å². The van der Waals surface area contributed by atoms with E-state index in [2.05, 4.69) is 314 Å². The van der Waals surface area contributed by atoms with Crippen LogP contribution in [0.1, 0.15) is 49.9 Å². The van der Waals surface area contributed by atoms with Gasteiger partial charge in [-0.25, -0.2) is 4.98 Å². The van der Waals surface area contributed by atoms with Gasteiger partial charge in [-0.15, -0.1) is 0 Å². The van der Waals surface area contributed by atoms with E-state index in [1.807, 2.05) is 0 Å². The van der Waals surface area contributed by atoms with Crippen LogP contribution >= 0.6 is 0 Å². The van der Waals surface area contributed by atoms with Gasteiger partial charge in [-0.1, -0.05) is 204 Å². The van der Waals surface area contributed by atoms with Crippen LogP contribution in [0.4, 0.5) is 34.5 Å². The Kier molecular flexibility index (Phi) is 10.5. The second-order valence-electron chi connectivity index (χ2n) is 23.0. The Balaban J connectivity index is 0.895. The third-order valence-electron chi connectivity index (χ3n) is 17.7. The predicted octanol–water partition coefficient (Wildman–Crippen LogP) is 19.9. The summed E-state index contributed by atoms with van der Waals surface area (Å²) in [5.74, 6) is 1.38. The molecule has 0 radical (unpaired) electrons. The fourth-order valence-corrected chi connectivity index (χ4v) is 13.7. The van der Waals surface area contributed by atoms with Crippen LogP contribution < -0.4 is 9.80 Å². The molecule has 0 saturated carbocycles. The van der Waals surface area contributed by atoms with Crippen molar-refractivity contribution in [3.05, 3.63) is 289 Å². The average molecular weight is 1050 g/mol. The van der Waals surface area contributed by atoms with E-state index in [0.29, 0.717) is 5.95 Å². The van der Waals surface area contributed by atoms with Crippen molar-refractivity contribution >= 4 is 78.1 Å². The molecule has 16 rings (SSSR count). The maximum Gasteiger partial charge on any atom is 0.237 e. The predicted molar refractivity (Wildman–Crippen MR) is 341 cm³/mol. The molecule has 0 unspecified atom stereocenters. The van der Waals surface area contributed by atoms with Crippen molar-refractivity contribution in [2.24, 2.45) is 0 Å². The van der Waals surface area contributed by atoms with Gasteiger partial charge < -0.3 is 9.13 Å². The van der Waals surface area contributed by atoms with Gasteiger partial charge in [0, 0.05) is 55.4 Å². The molecule has 11 aromatic carbocycles. The van der Waals surface area contributed by atoms with E-state index in [4.69, 9.17) is 9.97 Å². The van der Waals surface area contributed by atoms with Gasteiger partial charge in [-0.2, -0.15) is 4.98 Å². The number of rotatable bonds is 7. The van der Waals surface area contributed by atoms with E-state index in [0.717, 1.165) is 73.5 Å². The monoisotopic (exact) mass is 1050 g/mol. The molecule has 2 aliphatic rings. The highest BCUT2D eigenvalue weighted by atomic mass is 15.3. The van der Waals surface area contributed by atoms with E-state index in [9.17, 15) is 0 Å². The second kappa shape index (κ2) is 18.1. The molecule has 2 aliphatic heterocycles. The first-order chi connectivity index (χ1) is 40.2. The maximum absolute atomic E-state index is 5.85. The van der Waals surface area contributed by atoms with Crippen molar-refractivity contribution in [1.29, 1.82) is 0 Å². The van der Waals surface area contributed by atoms with E-state index in [-0.39, 0.29) is 10.8 Å². The van der Waals surface area contributed by atoms with Crippen LogP contribution in [0.3, 0.4) is 0 Å². The number of para-hydroxylation sites is 6. The number of benzene rings is 11. The summed E-state index contributed by atoms with van der Waals surface area (Å²) in [4.78, 5) is 16.2. The molecule has 0 aliphatic carbocycles. The molecule has 0 saturated heterocycles. The van der Waals surface area contributed by atoms with Crippen molar-refractivity contribution < 1.29 is 0 Å². The van der Waals surface area contributed by atoms with Crippen LogP contribution in [0.15, 0.2) is 267 Å². The minimum Gasteiger partial charge on any atom is -0.309 e. The molecule has 82 heavy (non-hydrogen) atoms. The zero-order valence-corrected chi connectivity index (χ0v) is 46.1. The third kappa shape index (κ3) is 7.20. The lowest BCUT2D eigenvalue weighted by molar-refractivity contribution is 0.630. The molecule has 0 atom stereocenters. The number of aromatic nitrogens is 4. The topological polar surface area (TPSA) is 42.1 Å². The Hall–Kier alpha value is -10.3. The largest absolute Gasteiger partial charge is 0.309 e. The van der Waals surface area contributed by atoms with Gasteiger partial charge in [0.05, 0.1) is 50.5 Å². The molecule has 0 amide bonds. The lowest BCUT2D eigenvalue weighted by Crippen LogP contribution is -2.32. The molecular formula is C76H56N6. The smallest absolute Gasteiger partial charge is 0.237 e. The van der Waals surface area contributed by atoms with Gasteiger partial charge in [0.15, 0.2) is 0 Å². The first kappa shape index (κ1) is 47.7. The molecule has 5 heterocycles. The third-order valence-corrected chi connectivity index (χ3v) is 17.7. The molecule has 3 aromatic heterocycles. The van der Waals surface area contributed by atoms with E-state index in [1.165, 1.54) is 65.9 Å². The highest BCUT2D eigenvalue weighted by molar-refractivity contribution is 6.12. The quantitative estimate of drug-likeness (QED) is 0.160. The molecule has 0 fully saturated rings. The Labute approximate surface area is 477 Å². The van der Waals surface area contributed by atoms with Crippen LogP contribution in [0.2, 0.25) is 0 Å². The summed E-state index contributed by atoms with van der Waals surface area (Å²) in [6.07, 6.45) is 0. The SMILES string of the molecule is CC1(C)c2ccccc2N(c2cc(-c3ccccc3)nc(N3c4ccccc4C(C)(C)c4ccc(-c5ccc6c(c5)c5ccccc5n6-c5ccccc5)cc43)n2)c2cc(-c3ccc4c(c3)c3ccccc3n4-c3ccccc3)ccc21. The molecule has 0 spiro atoms. The summed E-state index contributed by atoms with van der Waals surface area (Å²) in [6.45, 7) is 9.40. The van der Waals surface area contributed by atoms with Crippen molar-refractivity contribution in [2.75, 3.05) is 9.80 Å². The molecule has 6 nitrogen and oxygen atoms in total. The molecule has 390 valence electrons. The number of fused-ring (bicyclic) bond motifs is 10. The lowest BCUT2D eigenvalue weighted by atomic mass is 9.73. The van der Waals surface area contributed by atoms with Gasteiger partial charge in [-0.05, 0) is 129 Å². The van der Waals surface area contributed by atoms with Crippen molar-refractivity contribution in [3.63, 3.8) is 0 Å². The number of nitrogens with zero attached hydrogens (tertiary/aromatic N) is 6. The Morgan fingerprint density at radius 2 is 0.671 bits per heavy atom. The zero-order chi connectivity index (χ0) is 54.8. The van der Waals surface area contributed by atoms with Crippen LogP contribution in [-0.2, 0) is 10.8 Å². The normalized spacial score (nSPS) is 14.0. The van der Waals surface area contributed by atoms with Gasteiger partial charge in [0.25, 0.3) is 0 Å². The summed E-state index contributed by atoms with van der Waals surface area (Å²) in [5.41, 5.74) is 21.9. The van der Waals surface area contributed by atoms with Gasteiger partial charge >= 0.3 is 0 Å². The molecule has 14 aromatic rings. The van der Waals surface area contributed by atoms with Crippen molar-refractivity contribution in [2.45, 2.75) is 38.5 Å². The van der Waals surface area contributed by atoms with Crippen LogP contribution in [0.5, 0.6) is 0 Å². The molecule has 0 N–H and O–H groups in total. The highest BCUT2D eigenvalue weighted by Crippen LogP contribution is 2.56. The van der Waals surface area contributed by atoms with Gasteiger partial charge in [0.2, 0.25) is 5.95 Å². The average Bonchev–Trinajstić information content (AvgIpc) is 4.21. The van der Waals surface area contributed by atoms with Crippen LogP contribution in [-0.4, -0.2) is 19.1 Å². The Morgan fingerprint density at radius 3 is 1.20 bits per heavy atom. The first-order valence-electron chi connectivity index (χ1n) is 28.4. The minimum atomic E-state index is -0.333. The van der Waals surface area contributed by atoms with Gasteiger partial charge in [0.1, 0.15) is 5.82 Å². The standard InChI is InChI=1S/C76H56N6/c1-75(2)60-30-16-20-34-69(60)81(71-46-52(36-40-62(71)75)50-38-42-67-58(44-50)56-28-14-18-32-65(56)79(67)54-24-10-6-11-25-54)73-48-64(49-22-8-5-9-23-49)77-74(78-73)82-70-35-21-17-31-61(70)76(3,4)63-41-37-53(47-72(63)82)51-39-43-68-59(45-51)57-29-15-19-33-66(57)80(68)55-26-12-7-13-27-55/h5-48H,1-4H3. The lowest BCUT2D eigenvalue weighted by Gasteiger charge is -2.43. The maximum atomic E-state index is 5.85. The number of hydrogen-bond acceptors (Lipinski definition) is 4. The number of anilines is 6. The fourth-order valence-electron chi connectivity index (χ4n) is 13.7. The fraction of sp³-hybridized carbons (Fsp3) is 0.0789. The first-order valence-corrected chi connectivity index (χ1v) is 28.4. The summed E-state index contributed by atoms with van der Waals surface area (Å²) < 4.78 is 4.76. The summed E-state index contributed by atoms with van der Waals surface area (Å²) in [7, 11) is 0. The Morgan fingerprint density at radius 1 is 0.280 bits per heavy atom. The van der Waals surface area contributed by atoms with E-state index < -0.39 is 0 Å². The van der Waals surface area contributed by atoms with Crippen molar-refractivity contribution in [3.8, 4) is 44.9 Å². The zero-order valence-electron chi connectivity index (χ0n) is 46.1. The minimum absolute atomic E-state index is 0.321. The van der Waals surface area contributed by atoms with Gasteiger partial charge in [-0.3, -0.25) is 9.80 Å².